The first-order valence-electron chi connectivity index (χ1n) is 19.4. The molecule has 1 rings (SSSR count). The predicted molar refractivity (Wildman–Crippen MR) is 196 cm³/mol. The number of aliphatic carboxylic acids is 1. The van der Waals surface area contributed by atoms with E-state index < -0.39 is 12.0 Å². The number of amides is 3. The lowest BCUT2D eigenvalue weighted by Crippen LogP contribution is -2.41. The number of nitrogens with zero attached hydrogens (tertiary/aromatic N) is 3. The van der Waals surface area contributed by atoms with Gasteiger partial charge in [0.15, 0.2) is 11.6 Å². The normalized spacial score (nSPS) is 11.6. The van der Waals surface area contributed by atoms with Gasteiger partial charge in [0, 0.05) is 38.8 Å². The van der Waals surface area contributed by atoms with Crippen molar-refractivity contribution in [2.75, 3.05) is 65.9 Å². The average molecular weight is 756 g/mol. The van der Waals surface area contributed by atoms with Crippen molar-refractivity contribution in [3.63, 3.8) is 0 Å². The molecule has 3 amide bonds. The van der Waals surface area contributed by atoms with Crippen LogP contribution in [0.5, 0.6) is 0 Å². The average Bonchev–Trinajstić information content (AvgIpc) is 3.67. The number of tetrazole rings is 1. The second kappa shape index (κ2) is 34.2. The molecule has 0 aliphatic heterocycles. The van der Waals surface area contributed by atoms with E-state index in [0.29, 0.717) is 39.2 Å². The van der Waals surface area contributed by atoms with Crippen molar-refractivity contribution < 1.29 is 48.0 Å². The number of unbranched alkanes of at least 4 members (excludes halogenated alkanes) is 12. The zero-order valence-corrected chi connectivity index (χ0v) is 31.8. The molecule has 1 unspecified atom stereocenters. The van der Waals surface area contributed by atoms with Crippen molar-refractivity contribution in [2.45, 2.75) is 129 Å². The standard InChI is InChI=1S/C36H65N7O10/c1-2-30(44)28-52-26-24-51-23-21-38-35(47)29-53-27-25-50-22-20-37-33(45)19-18-31(36(48)49)39-34(46)17-15-13-11-9-7-5-3-4-6-8-10-12-14-16-32-40-42-43-41-32/h31H,2-29H2,1H3,(H,37,45)(H,38,47)(H,39,46)(H,48,49)(H,40,41,42,43). The smallest absolute Gasteiger partial charge is 0.326 e. The first-order valence-corrected chi connectivity index (χ1v) is 19.4. The second-order valence-corrected chi connectivity index (χ2v) is 12.8. The van der Waals surface area contributed by atoms with Gasteiger partial charge < -0.3 is 40.0 Å². The molecule has 0 saturated carbocycles. The van der Waals surface area contributed by atoms with E-state index in [-0.39, 0.29) is 82.3 Å². The Kier molecular flexibility index (Phi) is 30.7. The highest BCUT2D eigenvalue weighted by atomic mass is 16.5. The minimum absolute atomic E-state index is 0.00701. The Bertz CT molecular complexity index is 1090. The van der Waals surface area contributed by atoms with Crippen molar-refractivity contribution in [1.82, 2.24) is 36.6 Å². The minimum Gasteiger partial charge on any atom is -0.480 e. The van der Waals surface area contributed by atoms with Gasteiger partial charge in [-0.2, -0.15) is 5.21 Å². The molecule has 0 aromatic carbocycles. The maximum atomic E-state index is 12.3. The van der Waals surface area contributed by atoms with Gasteiger partial charge in [-0.05, 0) is 19.3 Å². The van der Waals surface area contributed by atoms with Crippen LogP contribution in [0.1, 0.15) is 122 Å². The topological polar surface area (TPSA) is 233 Å². The third-order valence-corrected chi connectivity index (χ3v) is 8.26. The fourth-order valence-corrected chi connectivity index (χ4v) is 5.16. The highest BCUT2D eigenvalue weighted by Gasteiger charge is 2.20. The maximum Gasteiger partial charge on any atom is 0.326 e. The maximum absolute atomic E-state index is 12.3. The molecule has 1 atom stereocenters. The van der Waals surface area contributed by atoms with Gasteiger partial charge in [0.25, 0.3) is 0 Å². The molecule has 0 radical (unpaired) electrons. The third kappa shape index (κ3) is 30.6. The number of aryl methyl sites for hydroxylation is 1. The van der Waals surface area contributed by atoms with Crippen molar-refractivity contribution in [3.05, 3.63) is 5.82 Å². The molecule has 5 N–H and O–H groups in total. The van der Waals surface area contributed by atoms with Gasteiger partial charge in [-0.3, -0.25) is 19.2 Å². The summed E-state index contributed by atoms with van der Waals surface area (Å²) in [7, 11) is 0. The Morgan fingerprint density at radius 2 is 1.17 bits per heavy atom. The number of carboxylic acid groups (broad SMARTS) is 1. The summed E-state index contributed by atoms with van der Waals surface area (Å²) < 4.78 is 21.1. The summed E-state index contributed by atoms with van der Waals surface area (Å²) in [6, 6.07) is -1.12. The summed E-state index contributed by atoms with van der Waals surface area (Å²) in [4.78, 5) is 59.0. The SMILES string of the molecule is CCC(=O)COCCOCCNC(=O)COCCOCCNC(=O)CCC(NC(=O)CCCCCCCCCCCCCCCc1nn[nH]n1)C(=O)O. The number of carboxylic acids is 1. The van der Waals surface area contributed by atoms with E-state index in [0.717, 1.165) is 37.9 Å². The van der Waals surface area contributed by atoms with E-state index >= 15 is 0 Å². The Morgan fingerprint density at radius 3 is 1.72 bits per heavy atom. The van der Waals surface area contributed by atoms with Gasteiger partial charge >= 0.3 is 5.97 Å². The Balaban J connectivity index is 1.90. The van der Waals surface area contributed by atoms with E-state index in [9.17, 15) is 29.1 Å². The van der Waals surface area contributed by atoms with Crippen LogP contribution in [0, 0.1) is 0 Å². The molecule has 17 heteroatoms. The predicted octanol–water partition coefficient (Wildman–Crippen LogP) is 2.83. The van der Waals surface area contributed by atoms with Crippen molar-refractivity contribution in [2.24, 2.45) is 0 Å². The van der Waals surface area contributed by atoms with Gasteiger partial charge in [-0.25, -0.2) is 4.79 Å². The number of ketones is 1. The molecule has 304 valence electrons. The molecular formula is C36H65N7O10. The van der Waals surface area contributed by atoms with E-state index in [4.69, 9.17) is 18.9 Å². The fraction of sp³-hybridized carbons (Fsp3) is 0.833. The van der Waals surface area contributed by atoms with Crippen LogP contribution in [0.2, 0.25) is 0 Å². The quantitative estimate of drug-likeness (QED) is 0.0612. The van der Waals surface area contributed by atoms with Crippen LogP contribution in [0.15, 0.2) is 0 Å². The number of hydrogen-bond donors (Lipinski definition) is 5. The summed E-state index contributed by atoms with van der Waals surface area (Å²) in [6.07, 6.45) is 16.5. The monoisotopic (exact) mass is 755 g/mol. The fourth-order valence-electron chi connectivity index (χ4n) is 5.16. The molecule has 17 nitrogen and oxygen atoms in total. The lowest BCUT2D eigenvalue weighted by atomic mass is 10.0. The van der Waals surface area contributed by atoms with Crippen LogP contribution in [-0.2, 0) is 49.3 Å². The molecular weight excluding hydrogens is 690 g/mol. The van der Waals surface area contributed by atoms with Crippen molar-refractivity contribution in [1.29, 1.82) is 0 Å². The van der Waals surface area contributed by atoms with Gasteiger partial charge in [0.2, 0.25) is 17.7 Å². The zero-order chi connectivity index (χ0) is 38.6. The summed E-state index contributed by atoms with van der Waals surface area (Å²) in [5.74, 6) is -1.28. The van der Waals surface area contributed by atoms with Gasteiger partial charge in [-0.1, -0.05) is 82.8 Å². The molecule has 0 saturated heterocycles. The molecule has 1 aromatic rings. The number of carbonyl (C=O) groups excluding carboxylic acids is 4. The second-order valence-electron chi connectivity index (χ2n) is 12.8. The Morgan fingerprint density at radius 1 is 0.642 bits per heavy atom. The number of aromatic amines is 1. The zero-order valence-electron chi connectivity index (χ0n) is 31.8. The number of carbonyl (C=O) groups is 5. The lowest BCUT2D eigenvalue weighted by Gasteiger charge is -2.14. The summed E-state index contributed by atoms with van der Waals surface area (Å²) in [5.41, 5.74) is 0. The Labute approximate surface area is 314 Å². The highest BCUT2D eigenvalue weighted by molar-refractivity contribution is 5.84. The summed E-state index contributed by atoms with van der Waals surface area (Å²) in [6.45, 7) is 3.88. The summed E-state index contributed by atoms with van der Waals surface area (Å²) >= 11 is 0. The van der Waals surface area contributed by atoms with Gasteiger partial charge in [0.1, 0.15) is 19.3 Å². The number of H-pyrrole nitrogens is 1. The molecule has 53 heavy (non-hydrogen) atoms. The number of nitrogens with one attached hydrogen (secondary N) is 4. The number of rotatable bonds is 38. The van der Waals surface area contributed by atoms with Crippen LogP contribution in [0.3, 0.4) is 0 Å². The lowest BCUT2D eigenvalue weighted by molar-refractivity contribution is -0.142. The van der Waals surface area contributed by atoms with Crippen LogP contribution in [0.25, 0.3) is 0 Å². The molecule has 1 aromatic heterocycles. The Hall–Kier alpha value is -3.54. The van der Waals surface area contributed by atoms with Gasteiger partial charge in [-0.15, -0.1) is 10.2 Å². The van der Waals surface area contributed by atoms with E-state index in [1.54, 1.807) is 6.92 Å². The molecule has 1 heterocycles. The van der Waals surface area contributed by atoms with E-state index in [2.05, 4.69) is 36.6 Å². The van der Waals surface area contributed by atoms with Gasteiger partial charge in [0.05, 0.1) is 39.6 Å². The number of aromatic nitrogens is 4. The first kappa shape index (κ1) is 47.5. The van der Waals surface area contributed by atoms with Crippen LogP contribution in [-0.4, -0.2) is 127 Å². The number of Topliss-reactive ketones (excluding diaryl/α,β-unsaturated/α-hetero) is 1. The number of hydrogen-bond acceptors (Lipinski definition) is 12. The number of ether oxygens (including phenoxy) is 4. The molecule has 0 aliphatic rings. The van der Waals surface area contributed by atoms with Crippen LogP contribution >= 0.6 is 0 Å². The van der Waals surface area contributed by atoms with Crippen LogP contribution < -0.4 is 16.0 Å². The van der Waals surface area contributed by atoms with E-state index in [1.165, 1.54) is 51.4 Å². The third-order valence-electron chi connectivity index (χ3n) is 8.26. The molecule has 0 bridgehead atoms. The van der Waals surface area contributed by atoms with Crippen LogP contribution in [0.4, 0.5) is 0 Å². The molecule has 0 aliphatic carbocycles. The first-order chi connectivity index (χ1) is 25.8. The van der Waals surface area contributed by atoms with Crippen molar-refractivity contribution in [3.8, 4) is 0 Å². The summed E-state index contributed by atoms with van der Waals surface area (Å²) in [5, 5.41) is 31.3. The minimum atomic E-state index is -1.17. The molecule has 0 fully saturated rings. The highest BCUT2D eigenvalue weighted by Crippen LogP contribution is 2.13. The largest absolute Gasteiger partial charge is 0.480 e. The molecule has 0 spiro atoms. The van der Waals surface area contributed by atoms with Crippen molar-refractivity contribution >= 4 is 29.5 Å². The van der Waals surface area contributed by atoms with E-state index in [1.807, 2.05) is 0 Å².